The number of ether oxygens (including phenoxy) is 1. The van der Waals surface area contributed by atoms with Crippen molar-refractivity contribution in [2.75, 3.05) is 51.8 Å². The summed E-state index contributed by atoms with van der Waals surface area (Å²) < 4.78 is 8.40. The molecule has 0 radical (unpaired) electrons. The first-order valence-electron chi connectivity index (χ1n) is 12.8. The van der Waals surface area contributed by atoms with Gasteiger partial charge in [0.25, 0.3) is 5.91 Å². The molecule has 2 amide bonds. The van der Waals surface area contributed by atoms with Crippen LogP contribution < -0.4 is 10.6 Å². The summed E-state index contributed by atoms with van der Waals surface area (Å²) in [5.74, 6) is -0.0142. The van der Waals surface area contributed by atoms with Gasteiger partial charge in [0.05, 0.1) is 11.0 Å². The number of imidazole rings is 1. The van der Waals surface area contributed by atoms with Crippen molar-refractivity contribution in [3.05, 3.63) is 64.1 Å². The number of amides is 2. The van der Waals surface area contributed by atoms with Crippen LogP contribution in [0.3, 0.4) is 0 Å². The maximum absolute atomic E-state index is 13.5. The summed E-state index contributed by atoms with van der Waals surface area (Å²) >= 11 is 0. The van der Waals surface area contributed by atoms with Gasteiger partial charge in [-0.3, -0.25) is 18.7 Å². The Morgan fingerprint density at radius 2 is 1.65 bits per heavy atom. The predicted octanol–water partition coefficient (Wildman–Crippen LogP) is 2.15. The van der Waals surface area contributed by atoms with Crippen molar-refractivity contribution in [1.29, 1.82) is 0 Å². The molecule has 37 heavy (non-hydrogen) atoms. The standard InChI is InChI=1S/C28H37N5O4/c1-29-14-7-15-33(27(35)20-37-4)23-9-6-5-8-22(23)19-32(17-16-29)26(34)13-11-21-10-12-24-25(18-21)31(3)28(36)30(24)2/h5-6,8-10,12,18H,7,11,13-17,19-20H2,1-4H3. The molecule has 2 aromatic carbocycles. The summed E-state index contributed by atoms with van der Waals surface area (Å²) in [7, 11) is 7.11. The van der Waals surface area contributed by atoms with Gasteiger partial charge in [0.1, 0.15) is 6.61 Å². The lowest BCUT2D eigenvalue weighted by molar-refractivity contribution is -0.132. The number of carbonyl (C=O) groups is 2. The summed E-state index contributed by atoms with van der Waals surface area (Å²) in [5, 5.41) is 0. The normalized spacial score (nSPS) is 15.5. The Hall–Kier alpha value is -3.43. The maximum atomic E-state index is 13.5. The Bertz CT molecular complexity index is 1330. The fraction of sp³-hybridized carbons (Fsp3) is 0.464. The molecule has 0 unspecified atom stereocenters. The van der Waals surface area contributed by atoms with Crippen LogP contribution in [0, 0.1) is 0 Å². The van der Waals surface area contributed by atoms with E-state index in [1.165, 1.54) is 7.11 Å². The van der Waals surface area contributed by atoms with Crippen LogP contribution in [0.25, 0.3) is 11.0 Å². The van der Waals surface area contributed by atoms with Crippen molar-refractivity contribution >= 4 is 28.5 Å². The maximum Gasteiger partial charge on any atom is 0.328 e. The highest BCUT2D eigenvalue weighted by Gasteiger charge is 2.23. The van der Waals surface area contributed by atoms with Gasteiger partial charge in [0, 0.05) is 59.5 Å². The van der Waals surface area contributed by atoms with Crippen LogP contribution in [0.5, 0.6) is 0 Å². The minimum Gasteiger partial charge on any atom is -0.375 e. The van der Waals surface area contributed by atoms with Crippen LogP contribution in [0.1, 0.15) is 24.0 Å². The van der Waals surface area contributed by atoms with Crippen LogP contribution in [0.15, 0.2) is 47.3 Å². The number of likely N-dealkylation sites (N-methyl/N-ethyl adjacent to an activating group) is 1. The number of fused-ring (bicyclic) bond motifs is 2. The van der Waals surface area contributed by atoms with E-state index in [2.05, 4.69) is 4.90 Å². The van der Waals surface area contributed by atoms with Gasteiger partial charge in [0.2, 0.25) is 5.91 Å². The van der Waals surface area contributed by atoms with E-state index in [4.69, 9.17) is 4.74 Å². The van der Waals surface area contributed by atoms with Crippen molar-refractivity contribution in [3.8, 4) is 0 Å². The van der Waals surface area contributed by atoms with E-state index in [1.54, 1.807) is 28.1 Å². The first-order chi connectivity index (χ1) is 17.8. The summed E-state index contributed by atoms with van der Waals surface area (Å²) in [4.78, 5) is 44.5. The second-order valence-electron chi connectivity index (χ2n) is 9.80. The number of rotatable bonds is 5. The molecule has 0 saturated carbocycles. The van der Waals surface area contributed by atoms with Gasteiger partial charge < -0.3 is 19.4 Å². The lowest BCUT2D eigenvalue weighted by Gasteiger charge is -2.28. The van der Waals surface area contributed by atoms with E-state index < -0.39 is 0 Å². The molecule has 1 aliphatic heterocycles. The molecule has 0 N–H and O–H groups in total. The molecule has 0 spiro atoms. The van der Waals surface area contributed by atoms with Gasteiger partial charge in [-0.15, -0.1) is 0 Å². The van der Waals surface area contributed by atoms with Crippen molar-refractivity contribution in [3.63, 3.8) is 0 Å². The van der Waals surface area contributed by atoms with Crippen molar-refractivity contribution < 1.29 is 14.3 Å². The summed E-state index contributed by atoms with van der Waals surface area (Å²) in [5.41, 5.74) is 4.49. The highest BCUT2D eigenvalue weighted by atomic mass is 16.5. The van der Waals surface area contributed by atoms with Crippen LogP contribution >= 0.6 is 0 Å². The highest BCUT2D eigenvalue weighted by Crippen LogP contribution is 2.24. The monoisotopic (exact) mass is 507 g/mol. The second kappa shape index (κ2) is 11.7. The number of anilines is 1. The Labute approximate surface area is 217 Å². The molecule has 9 heteroatoms. The lowest BCUT2D eigenvalue weighted by Crippen LogP contribution is -2.37. The van der Waals surface area contributed by atoms with Crippen molar-refractivity contribution in [1.82, 2.24) is 18.9 Å². The minimum absolute atomic E-state index is 0.0180. The molecule has 2 heterocycles. The summed E-state index contributed by atoms with van der Waals surface area (Å²) in [6.45, 7) is 3.26. The molecule has 0 saturated heterocycles. The Morgan fingerprint density at radius 3 is 2.43 bits per heavy atom. The Morgan fingerprint density at radius 1 is 0.892 bits per heavy atom. The fourth-order valence-electron chi connectivity index (χ4n) is 5.01. The zero-order valence-electron chi connectivity index (χ0n) is 22.3. The van der Waals surface area contributed by atoms with Crippen LogP contribution in [0.4, 0.5) is 5.69 Å². The van der Waals surface area contributed by atoms with Gasteiger partial charge in [-0.1, -0.05) is 24.3 Å². The number of carbonyl (C=O) groups excluding carboxylic acids is 2. The third kappa shape index (κ3) is 5.94. The van der Waals surface area contributed by atoms with Crippen LogP contribution in [-0.4, -0.2) is 77.7 Å². The zero-order valence-corrected chi connectivity index (χ0v) is 22.3. The van der Waals surface area contributed by atoms with E-state index in [-0.39, 0.29) is 24.1 Å². The van der Waals surface area contributed by atoms with E-state index in [9.17, 15) is 14.4 Å². The van der Waals surface area contributed by atoms with E-state index in [0.717, 1.165) is 47.4 Å². The third-order valence-corrected chi connectivity index (χ3v) is 7.20. The average Bonchev–Trinajstić information content (AvgIpc) is 3.09. The third-order valence-electron chi connectivity index (χ3n) is 7.20. The number of benzene rings is 2. The quantitative estimate of drug-likeness (QED) is 0.529. The van der Waals surface area contributed by atoms with E-state index in [1.807, 2.05) is 54.4 Å². The molecule has 3 aromatic rings. The number of nitrogens with zero attached hydrogens (tertiary/aromatic N) is 5. The number of hydrogen-bond acceptors (Lipinski definition) is 5. The SMILES string of the molecule is COCC(=O)N1CCCN(C)CCN(C(=O)CCc2ccc3c(c2)n(C)c(=O)n3C)Cc2ccccc21. The molecule has 0 aliphatic carbocycles. The van der Waals surface area contributed by atoms with Gasteiger partial charge in [-0.25, -0.2) is 4.79 Å². The average molecular weight is 508 g/mol. The molecule has 4 rings (SSSR count). The number of aryl methyl sites for hydroxylation is 3. The fourth-order valence-corrected chi connectivity index (χ4v) is 5.01. The van der Waals surface area contributed by atoms with Gasteiger partial charge in [-0.05, 0) is 55.8 Å². The summed E-state index contributed by atoms with van der Waals surface area (Å²) in [6.07, 6.45) is 1.79. The lowest BCUT2D eigenvalue weighted by atomic mass is 10.1. The first kappa shape index (κ1) is 26.6. The van der Waals surface area contributed by atoms with Crippen LogP contribution in [0.2, 0.25) is 0 Å². The number of methoxy groups -OCH3 is 1. The van der Waals surface area contributed by atoms with Crippen molar-refractivity contribution in [2.45, 2.75) is 25.8 Å². The topological polar surface area (TPSA) is 80.0 Å². The molecular weight excluding hydrogens is 470 g/mol. The molecule has 198 valence electrons. The minimum atomic E-state index is -0.0829. The van der Waals surface area contributed by atoms with Crippen LogP contribution in [-0.2, 0) is 41.4 Å². The second-order valence-corrected chi connectivity index (χ2v) is 9.80. The molecule has 0 bridgehead atoms. The van der Waals surface area contributed by atoms with Gasteiger partial charge in [-0.2, -0.15) is 0 Å². The van der Waals surface area contributed by atoms with E-state index in [0.29, 0.717) is 32.5 Å². The molecule has 9 nitrogen and oxygen atoms in total. The molecule has 1 aliphatic rings. The molecule has 0 atom stereocenters. The molecule has 1 aromatic heterocycles. The first-order valence-corrected chi connectivity index (χ1v) is 12.8. The number of para-hydroxylation sites is 1. The number of aromatic nitrogens is 2. The Kier molecular flexibility index (Phi) is 8.45. The van der Waals surface area contributed by atoms with Crippen molar-refractivity contribution in [2.24, 2.45) is 14.1 Å². The van der Waals surface area contributed by atoms with Gasteiger partial charge in [0.15, 0.2) is 0 Å². The highest BCUT2D eigenvalue weighted by molar-refractivity contribution is 5.95. The molecular formula is C28H37N5O4. The molecule has 0 fully saturated rings. The summed E-state index contributed by atoms with van der Waals surface area (Å²) in [6, 6.07) is 13.8. The largest absolute Gasteiger partial charge is 0.375 e. The zero-order chi connectivity index (χ0) is 26.5. The number of hydrogen-bond donors (Lipinski definition) is 0. The van der Waals surface area contributed by atoms with Gasteiger partial charge >= 0.3 is 5.69 Å². The van der Waals surface area contributed by atoms with E-state index >= 15 is 0 Å². The smallest absolute Gasteiger partial charge is 0.328 e. The Balaban J connectivity index is 1.55. The predicted molar refractivity (Wildman–Crippen MR) is 145 cm³/mol.